The molecule has 1 aromatic carbocycles. The standard InChI is InChI=1S/C18H21N3O3S/c1-12(24-2)18-20-13(11-25-18)10-19-17(23)14-6-3-4-7-15(14)21-9-5-8-16(21)22/h3-4,6-7,11-12H,5,8-10H2,1-2H3,(H,19,23). The Bertz CT molecular complexity index is 774. The van der Waals surface area contributed by atoms with E-state index in [4.69, 9.17) is 4.74 Å². The number of hydrogen-bond donors (Lipinski definition) is 1. The second-order valence-corrected chi connectivity index (χ2v) is 6.79. The number of anilines is 1. The SMILES string of the molecule is COC(C)c1nc(CNC(=O)c2ccccc2N2CCCC2=O)cs1. The molecule has 132 valence electrons. The van der Waals surface area contributed by atoms with Crippen molar-refractivity contribution in [3.63, 3.8) is 0 Å². The topological polar surface area (TPSA) is 71.5 Å². The summed E-state index contributed by atoms with van der Waals surface area (Å²) in [7, 11) is 1.64. The van der Waals surface area contributed by atoms with Crippen LogP contribution in [0.5, 0.6) is 0 Å². The molecule has 0 bridgehead atoms. The van der Waals surface area contributed by atoms with Crippen molar-refractivity contribution in [3.05, 3.63) is 45.9 Å². The van der Waals surface area contributed by atoms with Gasteiger partial charge >= 0.3 is 0 Å². The van der Waals surface area contributed by atoms with Crippen molar-refractivity contribution < 1.29 is 14.3 Å². The van der Waals surface area contributed by atoms with E-state index in [1.165, 1.54) is 11.3 Å². The van der Waals surface area contributed by atoms with E-state index in [1.807, 2.05) is 24.4 Å². The van der Waals surface area contributed by atoms with Crippen LogP contribution in [0.1, 0.15) is 46.9 Å². The fraction of sp³-hybridized carbons (Fsp3) is 0.389. The van der Waals surface area contributed by atoms with Crippen molar-refractivity contribution in [1.82, 2.24) is 10.3 Å². The number of ether oxygens (including phenoxy) is 1. The Hall–Kier alpha value is -2.25. The predicted octanol–water partition coefficient (Wildman–Crippen LogP) is 2.91. The number of nitrogens with one attached hydrogen (secondary N) is 1. The fourth-order valence-electron chi connectivity index (χ4n) is 2.76. The van der Waals surface area contributed by atoms with Crippen LogP contribution in [0.2, 0.25) is 0 Å². The highest BCUT2D eigenvalue weighted by Crippen LogP contribution is 2.25. The summed E-state index contributed by atoms with van der Waals surface area (Å²) in [6, 6.07) is 7.21. The molecule has 25 heavy (non-hydrogen) atoms. The van der Waals surface area contributed by atoms with Gasteiger partial charge in [-0.1, -0.05) is 12.1 Å². The maximum atomic E-state index is 12.6. The molecule has 1 N–H and O–H groups in total. The van der Waals surface area contributed by atoms with Crippen LogP contribution >= 0.6 is 11.3 Å². The van der Waals surface area contributed by atoms with Crippen LogP contribution in [0, 0.1) is 0 Å². The molecule has 6 nitrogen and oxygen atoms in total. The number of carbonyl (C=O) groups is 2. The van der Waals surface area contributed by atoms with Crippen LogP contribution in [-0.4, -0.2) is 30.5 Å². The molecule has 2 amide bonds. The van der Waals surface area contributed by atoms with Gasteiger partial charge in [-0.2, -0.15) is 0 Å². The molecule has 1 unspecified atom stereocenters. The van der Waals surface area contributed by atoms with Crippen molar-refractivity contribution in [2.24, 2.45) is 0 Å². The van der Waals surface area contributed by atoms with Crippen LogP contribution in [0.4, 0.5) is 5.69 Å². The summed E-state index contributed by atoms with van der Waals surface area (Å²) < 4.78 is 5.25. The van der Waals surface area contributed by atoms with E-state index in [1.54, 1.807) is 24.1 Å². The first kappa shape index (κ1) is 17.6. The lowest BCUT2D eigenvalue weighted by Gasteiger charge is -2.19. The fourth-order valence-corrected chi connectivity index (χ4v) is 3.61. The van der Waals surface area contributed by atoms with Crippen LogP contribution in [-0.2, 0) is 16.1 Å². The van der Waals surface area contributed by atoms with Gasteiger partial charge in [-0.05, 0) is 25.5 Å². The quantitative estimate of drug-likeness (QED) is 0.861. The molecule has 1 saturated heterocycles. The Labute approximate surface area is 150 Å². The number of methoxy groups -OCH3 is 1. The highest BCUT2D eigenvalue weighted by atomic mass is 32.1. The van der Waals surface area contributed by atoms with Gasteiger partial charge in [-0.3, -0.25) is 9.59 Å². The minimum absolute atomic E-state index is 0.0589. The van der Waals surface area contributed by atoms with Crippen LogP contribution in [0.25, 0.3) is 0 Å². The van der Waals surface area contributed by atoms with Crippen molar-refractivity contribution in [1.29, 1.82) is 0 Å². The normalized spacial score (nSPS) is 15.4. The van der Waals surface area contributed by atoms with E-state index in [0.29, 0.717) is 30.8 Å². The lowest BCUT2D eigenvalue weighted by Crippen LogP contribution is -2.29. The zero-order valence-electron chi connectivity index (χ0n) is 14.3. The van der Waals surface area contributed by atoms with E-state index in [9.17, 15) is 9.59 Å². The molecular weight excluding hydrogens is 338 g/mol. The van der Waals surface area contributed by atoms with E-state index < -0.39 is 0 Å². The zero-order valence-corrected chi connectivity index (χ0v) is 15.1. The van der Waals surface area contributed by atoms with Crippen molar-refractivity contribution in [2.45, 2.75) is 32.4 Å². The van der Waals surface area contributed by atoms with E-state index in [0.717, 1.165) is 17.1 Å². The van der Waals surface area contributed by atoms with Gasteiger partial charge in [-0.25, -0.2) is 4.98 Å². The molecular formula is C18H21N3O3S. The predicted molar refractivity (Wildman–Crippen MR) is 96.7 cm³/mol. The molecule has 1 aromatic heterocycles. The van der Waals surface area contributed by atoms with Crippen molar-refractivity contribution >= 4 is 28.8 Å². The molecule has 0 radical (unpaired) electrons. The van der Waals surface area contributed by atoms with Gasteiger partial charge in [0.25, 0.3) is 5.91 Å². The zero-order chi connectivity index (χ0) is 17.8. The van der Waals surface area contributed by atoms with Gasteiger partial charge < -0.3 is 15.0 Å². The van der Waals surface area contributed by atoms with E-state index in [2.05, 4.69) is 10.3 Å². The van der Waals surface area contributed by atoms with Crippen molar-refractivity contribution in [3.8, 4) is 0 Å². The summed E-state index contributed by atoms with van der Waals surface area (Å²) in [5.74, 6) is -0.136. The molecule has 1 atom stereocenters. The van der Waals surface area contributed by atoms with Crippen molar-refractivity contribution in [2.75, 3.05) is 18.6 Å². The third kappa shape index (κ3) is 3.88. The number of hydrogen-bond acceptors (Lipinski definition) is 5. The van der Waals surface area contributed by atoms with Crippen LogP contribution in [0.15, 0.2) is 29.6 Å². The molecule has 1 aliphatic rings. The maximum absolute atomic E-state index is 12.6. The molecule has 0 spiro atoms. The Morgan fingerprint density at radius 2 is 2.24 bits per heavy atom. The summed E-state index contributed by atoms with van der Waals surface area (Å²) in [4.78, 5) is 30.8. The summed E-state index contributed by atoms with van der Waals surface area (Å²) in [5.41, 5.74) is 1.99. The minimum atomic E-state index is -0.204. The first-order valence-electron chi connectivity index (χ1n) is 8.25. The second-order valence-electron chi connectivity index (χ2n) is 5.90. The summed E-state index contributed by atoms with van der Waals surface area (Å²) >= 11 is 1.51. The molecule has 0 saturated carbocycles. The Morgan fingerprint density at radius 1 is 1.44 bits per heavy atom. The summed E-state index contributed by atoms with van der Waals surface area (Å²) in [6.07, 6.45) is 1.31. The minimum Gasteiger partial charge on any atom is -0.375 e. The van der Waals surface area contributed by atoms with E-state index >= 15 is 0 Å². The third-order valence-corrected chi connectivity index (χ3v) is 5.27. The molecule has 0 aliphatic carbocycles. The Morgan fingerprint density at radius 3 is 2.96 bits per heavy atom. The summed E-state index contributed by atoms with van der Waals surface area (Å²) in [6.45, 7) is 2.94. The third-order valence-electron chi connectivity index (χ3n) is 4.21. The Kier molecular flexibility index (Phi) is 5.45. The van der Waals surface area contributed by atoms with E-state index in [-0.39, 0.29) is 17.9 Å². The lowest BCUT2D eigenvalue weighted by molar-refractivity contribution is -0.117. The van der Waals surface area contributed by atoms with Gasteiger partial charge in [0.2, 0.25) is 5.91 Å². The molecule has 1 fully saturated rings. The number of thiazole rings is 1. The number of para-hydroxylation sites is 1. The van der Waals surface area contributed by atoms with Gasteiger partial charge in [0.15, 0.2) is 0 Å². The van der Waals surface area contributed by atoms with Gasteiger partial charge in [0.05, 0.1) is 23.5 Å². The average Bonchev–Trinajstić information content (AvgIpc) is 3.28. The van der Waals surface area contributed by atoms with Gasteiger partial charge in [0, 0.05) is 25.5 Å². The molecule has 7 heteroatoms. The number of rotatable bonds is 6. The largest absolute Gasteiger partial charge is 0.375 e. The number of aromatic nitrogens is 1. The Balaban J connectivity index is 1.69. The average molecular weight is 359 g/mol. The molecule has 2 aromatic rings. The van der Waals surface area contributed by atoms with Crippen LogP contribution < -0.4 is 10.2 Å². The maximum Gasteiger partial charge on any atom is 0.253 e. The van der Waals surface area contributed by atoms with Gasteiger partial charge in [0.1, 0.15) is 11.1 Å². The molecule has 1 aliphatic heterocycles. The number of nitrogens with zero attached hydrogens (tertiary/aromatic N) is 2. The highest BCUT2D eigenvalue weighted by molar-refractivity contribution is 7.09. The highest BCUT2D eigenvalue weighted by Gasteiger charge is 2.25. The molecule has 2 heterocycles. The monoisotopic (exact) mass is 359 g/mol. The number of amides is 2. The number of benzene rings is 1. The first-order valence-corrected chi connectivity index (χ1v) is 9.13. The second kappa shape index (κ2) is 7.76. The molecule has 3 rings (SSSR count). The summed E-state index contributed by atoms with van der Waals surface area (Å²) in [5, 5.41) is 5.69. The number of carbonyl (C=O) groups excluding carboxylic acids is 2. The lowest BCUT2D eigenvalue weighted by atomic mass is 10.1. The van der Waals surface area contributed by atoms with Gasteiger partial charge in [-0.15, -0.1) is 11.3 Å². The smallest absolute Gasteiger partial charge is 0.253 e. The van der Waals surface area contributed by atoms with Crippen LogP contribution in [0.3, 0.4) is 0 Å². The first-order chi connectivity index (χ1) is 12.1.